The Balaban J connectivity index is 0.926. The lowest BCUT2D eigenvalue weighted by molar-refractivity contribution is -0.250. The number of aliphatic hydroxyl groups is 1. The van der Waals surface area contributed by atoms with Gasteiger partial charge in [-0.1, -0.05) is 20.8 Å². The van der Waals surface area contributed by atoms with Gasteiger partial charge in [-0.25, -0.2) is 8.78 Å². The van der Waals surface area contributed by atoms with Gasteiger partial charge in [-0.05, 0) is 130 Å². The first-order valence-corrected chi connectivity index (χ1v) is 19.8. The van der Waals surface area contributed by atoms with E-state index in [-0.39, 0.29) is 36.6 Å². The van der Waals surface area contributed by atoms with Crippen LogP contribution in [-0.2, 0) is 18.9 Å². The highest BCUT2D eigenvalue weighted by Gasteiger charge is 2.84. The van der Waals surface area contributed by atoms with Gasteiger partial charge >= 0.3 is 0 Å². The molecule has 13 atom stereocenters. The second kappa shape index (κ2) is 12.3. The average Bonchev–Trinajstić information content (AvgIpc) is 3.32. The summed E-state index contributed by atoms with van der Waals surface area (Å²) in [6.07, 6.45) is 8.87. The molecule has 0 aromatic carbocycles. The third kappa shape index (κ3) is 5.23. The Kier molecular flexibility index (Phi) is 8.90. The number of fused-ring (bicyclic) bond motifs is 4. The van der Waals surface area contributed by atoms with Gasteiger partial charge < -0.3 is 24.1 Å². The molecule has 0 radical (unpaired) electrons. The first-order chi connectivity index (χ1) is 22.8. The minimum absolute atomic E-state index is 0.0209. The van der Waals surface area contributed by atoms with Gasteiger partial charge in [0.2, 0.25) is 0 Å². The van der Waals surface area contributed by atoms with E-state index in [1.54, 1.807) is 0 Å². The van der Waals surface area contributed by atoms with Crippen molar-refractivity contribution in [3.63, 3.8) is 0 Å². The van der Waals surface area contributed by atoms with Crippen LogP contribution >= 0.6 is 0 Å². The van der Waals surface area contributed by atoms with Crippen LogP contribution in [0.5, 0.6) is 0 Å². The Bertz CT molecular complexity index is 1180. The molecule has 8 aliphatic rings. The fourth-order valence-corrected chi connectivity index (χ4v) is 14.4. The molecule has 1 N–H and O–H groups in total. The van der Waals surface area contributed by atoms with Crippen LogP contribution in [0.25, 0.3) is 0 Å². The number of hydrogen-bond donors (Lipinski definition) is 1. The average molecular weight is 679 g/mol. The minimum atomic E-state index is -2.26. The molecule has 8 fully saturated rings. The summed E-state index contributed by atoms with van der Waals surface area (Å²) in [6, 6.07) is 0.335. The number of ether oxygens (including phenoxy) is 4. The van der Waals surface area contributed by atoms with Gasteiger partial charge in [-0.2, -0.15) is 0 Å². The molecule has 3 heterocycles. The summed E-state index contributed by atoms with van der Waals surface area (Å²) in [5, 5.41) is 10.9. The van der Waals surface area contributed by atoms with E-state index in [1.807, 2.05) is 25.7 Å². The molecule has 274 valence electrons. The fourth-order valence-electron chi connectivity index (χ4n) is 14.4. The van der Waals surface area contributed by atoms with Crippen molar-refractivity contribution < 1.29 is 32.8 Å². The van der Waals surface area contributed by atoms with Crippen molar-refractivity contribution in [3.8, 4) is 0 Å². The number of hydrogen-bond acceptors (Lipinski definition) is 7. The zero-order valence-corrected chi connectivity index (χ0v) is 30.5. The highest BCUT2D eigenvalue weighted by atomic mass is 19.3. The topological polar surface area (TPSA) is 63.6 Å². The van der Waals surface area contributed by atoms with Crippen molar-refractivity contribution in [3.05, 3.63) is 0 Å². The molecule has 0 aromatic heterocycles. The first-order valence-electron chi connectivity index (χ1n) is 19.8. The molecule has 13 unspecified atom stereocenters. The smallest absolute Gasteiger partial charge is 0.251 e. The quantitative estimate of drug-likeness (QED) is 0.311. The first kappa shape index (κ1) is 34.7. The van der Waals surface area contributed by atoms with Gasteiger partial charge in [-0.15, -0.1) is 0 Å². The molecule has 9 heteroatoms. The van der Waals surface area contributed by atoms with E-state index < -0.39 is 12.0 Å². The highest BCUT2D eigenvalue weighted by Crippen LogP contribution is 2.88. The molecule has 3 saturated heterocycles. The van der Waals surface area contributed by atoms with Crippen molar-refractivity contribution in [1.29, 1.82) is 0 Å². The molecular weight excluding hydrogens is 614 g/mol. The summed E-state index contributed by atoms with van der Waals surface area (Å²) < 4.78 is 51.8. The Morgan fingerprint density at radius 3 is 2.46 bits per heavy atom. The predicted molar refractivity (Wildman–Crippen MR) is 180 cm³/mol. The maximum absolute atomic E-state index is 12.8. The SMILES string of the molecule is CCOC(C1CCC2C(CC3C2CCC24C3CCC3C(C)(C)C(OC5CN(C6CN(CC(F)F)C6)CCO5)CCC32C4C)O1)C(C)(C)O. The van der Waals surface area contributed by atoms with Crippen LogP contribution in [0.1, 0.15) is 99.3 Å². The van der Waals surface area contributed by atoms with Gasteiger partial charge in [0.15, 0.2) is 6.29 Å². The van der Waals surface area contributed by atoms with Crippen LogP contribution in [0.4, 0.5) is 8.78 Å². The Morgan fingerprint density at radius 1 is 0.958 bits per heavy atom. The van der Waals surface area contributed by atoms with Gasteiger partial charge in [-0.3, -0.25) is 9.80 Å². The maximum Gasteiger partial charge on any atom is 0.251 e. The second-order valence-corrected chi connectivity index (χ2v) is 18.7. The van der Waals surface area contributed by atoms with Crippen molar-refractivity contribution in [2.45, 2.75) is 148 Å². The second-order valence-electron chi connectivity index (χ2n) is 18.7. The summed E-state index contributed by atoms with van der Waals surface area (Å²) >= 11 is 0. The molecule has 8 rings (SSSR count). The van der Waals surface area contributed by atoms with E-state index in [9.17, 15) is 13.9 Å². The van der Waals surface area contributed by atoms with E-state index in [2.05, 4.69) is 25.7 Å². The number of alkyl halides is 2. The lowest BCUT2D eigenvalue weighted by Crippen LogP contribution is -2.63. The molecular formula is C39H64F2N2O5. The van der Waals surface area contributed by atoms with E-state index in [0.717, 1.165) is 62.7 Å². The normalized spacial score (nSPS) is 48.1. The highest BCUT2D eigenvalue weighted by molar-refractivity contribution is 5.31. The number of morpholine rings is 1. The number of rotatable bonds is 9. The van der Waals surface area contributed by atoms with Crippen LogP contribution in [0, 0.1) is 51.8 Å². The summed E-state index contributed by atoms with van der Waals surface area (Å²) in [5.74, 6) is 4.47. The molecule has 0 aromatic rings. The fraction of sp³-hybridized carbons (Fsp3) is 1.00. The summed E-state index contributed by atoms with van der Waals surface area (Å²) in [7, 11) is 0. The van der Waals surface area contributed by atoms with Crippen molar-refractivity contribution in [2.75, 3.05) is 45.9 Å². The van der Waals surface area contributed by atoms with Gasteiger partial charge in [0.05, 0.1) is 37.1 Å². The molecule has 3 aliphatic heterocycles. The largest absolute Gasteiger partial charge is 0.388 e. The van der Waals surface area contributed by atoms with Crippen LogP contribution in [0.2, 0.25) is 0 Å². The third-order valence-electron chi connectivity index (χ3n) is 16.2. The zero-order valence-electron chi connectivity index (χ0n) is 30.5. The van der Waals surface area contributed by atoms with Gasteiger partial charge in [0, 0.05) is 38.8 Å². The molecule has 48 heavy (non-hydrogen) atoms. The van der Waals surface area contributed by atoms with Crippen molar-refractivity contribution in [1.82, 2.24) is 9.80 Å². The molecule has 5 saturated carbocycles. The van der Waals surface area contributed by atoms with E-state index >= 15 is 0 Å². The minimum Gasteiger partial charge on any atom is -0.388 e. The Morgan fingerprint density at radius 2 is 1.73 bits per heavy atom. The third-order valence-corrected chi connectivity index (χ3v) is 16.2. The molecule has 0 bridgehead atoms. The Hall–Kier alpha value is -0.420. The van der Waals surface area contributed by atoms with Gasteiger partial charge in [0.25, 0.3) is 6.43 Å². The maximum atomic E-state index is 12.8. The molecule has 7 nitrogen and oxygen atoms in total. The van der Waals surface area contributed by atoms with Crippen molar-refractivity contribution in [2.24, 2.45) is 51.8 Å². The van der Waals surface area contributed by atoms with Crippen LogP contribution in [-0.4, -0.2) is 110 Å². The predicted octanol–water partition coefficient (Wildman–Crippen LogP) is 6.22. The summed E-state index contributed by atoms with van der Waals surface area (Å²) in [6.45, 7) is 17.5. The lowest BCUT2D eigenvalue weighted by Gasteiger charge is -2.58. The molecule has 5 aliphatic carbocycles. The summed E-state index contributed by atoms with van der Waals surface area (Å²) in [5.41, 5.74) is 0.0762. The lowest BCUT2D eigenvalue weighted by atomic mass is 9.48. The van der Waals surface area contributed by atoms with Gasteiger partial charge in [0.1, 0.15) is 6.10 Å². The molecule has 0 amide bonds. The van der Waals surface area contributed by atoms with Crippen molar-refractivity contribution >= 4 is 0 Å². The van der Waals surface area contributed by atoms with Crippen LogP contribution in [0.15, 0.2) is 0 Å². The van der Waals surface area contributed by atoms with E-state index in [0.29, 0.717) is 48.0 Å². The number of halogens is 2. The number of nitrogens with zero attached hydrogens (tertiary/aromatic N) is 2. The zero-order chi connectivity index (χ0) is 33.8. The number of likely N-dealkylation sites (tertiary alicyclic amines) is 1. The van der Waals surface area contributed by atoms with E-state index in [1.165, 1.54) is 44.9 Å². The summed E-state index contributed by atoms with van der Waals surface area (Å²) in [4.78, 5) is 4.28. The standard InChI is InChI=1S/C39H64F2N2O5/c1-7-45-35(37(5,6)44)29-10-8-26-25-12-14-38-23(2)39(38)15-13-32(36(3,4)31(39)11-9-28(38)27(25)18-30(26)47-29)48-34-22-43(16-17-46-34)24-19-42(20-24)21-33(40)41/h23-35,44H,7-22H2,1-6H3. The molecule has 2 spiro atoms. The Labute approximate surface area is 288 Å². The monoisotopic (exact) mass is 678 g/mol. The van der Waals surface area contributed by atoms with Crippen LogP contribution < -0.4 is 0 Å². The van der Waals surface area contributed by atoms with E-state index in [4.69, 9.17) is 18.9 Å². The van der Waals surface area contributed by atoms with Crippen LogP contribution in [0.3, 0.4) is 0 Å².